The van der Waals surface area contributed by atoms with Crippen LogP contribution in [0.4, 0.5) is 0 Å². The summed E-state index contributed by atoms with van der Waals surface area (Å²) in [5, 5.41) is 0. The van der Waals surface area contributed by atoms with E-state index in [-0.39, 0.29) is 5.78 Å². The van der Waals surface area contributed by atoms with Crippen LogP contribution < -0.4 is 0 Å². The van der Waals surface area contributed by atoms with E-state index < -0.39 is 0 Å². The molecule has 2 rings (SSSR count). The Labute approximate surface area is 100 Å². The predicted molar refractivity (Wildman–Crippen MR) is 64.9 cm³/mol. The molecule has 0 amide bonds. The van der Waals surface area contributed by atoms with Gasteiger partial charge in [-0.25, -0.2) is 4.98 Å². The van der Waals surface area contributed by atoms with Crippen LogP contribution in [0.25, 0.3) is 0 Å². The van der Waals surface area contributed by atoms with Gasteiger partial charge in [0, 0.05) is 24.5 Å². The number of hydrogen-bond donors (Lipinski definition) is 0. The molecule has 2 aromatic rings. The second-order valence-corrected chi connectivity index (χ2v) is 4.21. The van der Waals surface area contributed by atoms with Gasteiger partial charge in [0.05, 0.1) is 6.54 Å². The van der Waals surface area contributed by atoms with Crippen molar-refractivity contribution < 1.29 is 4.79 Å². The van der Waals surface area contributed by atoms with Gasteiger partial charge in [-0.05, 0) is 12.1 Å². The molecular formula is C13H15N3O. The van der Waals surface area contributed by atoms with E-state index in [0.717, 1.165) is 5.82 Å². The Balaban J connectivity index is 2.16. The fraction of sp³-hybridized carbons (Fsp3) is 0.308. The molecule has 17 heavy (non-hydrogen) atoms. The van der Waals surface area contributed by atoms with Gasteiger partial charge in [0.15, 0.2) is 0 Å². The molecule has 2 heterocycles. The lowest BCUT2D eigenvalue weighted by Crippen LogP contribution is -2.14. The summed E-state index contributed by atoms with van der Waals surface area (Å²) in [6, 6.07) is 5.35. The first-order chi connectivity index (χ1) is 8.18. The van der Waals surface area contributed by atoms with Crippen LogP contribution in [0.15, 0.2) is 36.8 Å². The minimum atomic E-state index is 0.00509. The number of Topliss-reactive ketones (excluding diaryl/α,β-unsaturated/α-hetero) is 1. The van der Waals surface area contributed by atoms with Crippen LogP contribution in [0, 0.1) is 0 Å². The molecule has 0 bridgehead atoms. The van der Waals surface area contributed by atoms with Crippen molar-refractivity contribution in [2.24, 2.45) is 0 Å². The highest BCUT2D eigenvalue weighted by Gasteiger charge is 2.12. The first-order valence-electron chi connectivity index (χ1n) is 5.63. The molecule has 0 aliphatic rings. The number of carbonyl (C=O) groups is 1. The Bertz CT molecular complexity index is 502. The van der Waals surface area contributed by atoms with Gasteiger partial charge in [-0.3, -0.25) is 9.78 Å². The van der Waals surface area contributed by atoms with E-state index in [1.807, 2.05) is 16.8 Å². The van der Waals surface area contributed by atoms with Gasteiger partial charge < -0.3 is 4.57 Å². The first kappa shape index (κ1) is 11.5. The number of rotatable bonds is 4. The van der Waals surface area contributed by atoms with Crippen LogP contribution in [0.2, 0.25) is 0 Å². The van der Waals surface area contributed by atoms with Crippen LogP contribution in [-0.4, -0.2) is 20.3 Å². The zero-order valence-corrected chi connectivity index (χ0v) is 10.00. The maximum atomic E-state index is 12.0. The van der Waals surface area contributed by atoms with Gasteiger partial charge in [-0.15, -0.1) is 0 Å². The van der Waals surface area contributed by atoms with E-state index in [1.165, 1.54) is 0 Å². The van der Waals surface area contributed by atoms with Crippen molar-refractivity contribution in [2.45, 2.75) is 26.3 Å². The Morgan fingerprint density at radius 1 is 1.29 bits per heavy atom. The van der Waals surface area contributed by atoms with Crippen LogP contribution in [-0.2, 0) is 6.54 Å². The Hall–Kier alpha value is -1.97. The van der Waals surface area contributed by atoms with Crippen molar-refractivity contribution in [1.82, 2.24) is 14.5 Å². The summed E-state index contributed by atoms with van der Waals surface area (Å²) in [6.07, 6.45) is 5.18. The fourth-order valence-corrected chi connectivity index (χ4v) is 1.72. The molecular weight excluding hydrogens is 214 g/mol. The van der Waals surface area contributed by atoms with Gasteiger partial charge >= 0.3 is 0 Å². The van der Waals surface area contributed by atoms with Gasteiger partial charge in [0.2, 0.25) is 5.78 Å². The summed E-state index contributed by atoms with van der Waals surface area (Å²) >= 11 is 0. The summed E-state index contributed by atoms with van der Waals surface area (Å²) < 4.78 is 1.88. The number of pyridine rings is 1. The van der Waals surface area contributed by atoms with E-state index in [4.69, 9.17) is 0 Å². The lowest BCUT2D eigenvalue weighted by molar-refractivity contribution is 0.0966. The quantitative estimate of drug-likeness (QED) is 0.756. The summed E-state index contributed by atoms with van der Waals surface area (Å²) in [4.78, 5) is 20.3. The minimum absolute atomic E-state index is 0.00509. The highest BCUT2D eigenvalue weighted by atomic mass is 16.1. The largest absolute Gasteiger partial charge is 0.327 e. The van der Waals surface area contributed by atoms with E-state index >= 15 is 0 Å². The second kappa shape index (κ2) is 4.91. The molecule has 0 spiro atoms. The molecule has 0 saturated heterocycles. The molecule has 0 radical (unpaired) electrons. The molecule has 88 valence electrons. The van der Waals surface area contributed by atoms with Crippen LogP contribution in [0.3, 0.4) is 0 Å². The zero-order valence-electron chi connectivity index (χ0n) is 10.00. The van der Waals surface area contributed by atoms with Crippen molar-refractivity contribution in [3.05, 3.63) is 48.3 Å². The van der Waals surface area contributed by atoms with Crippen molar-refractivity contribution in [1.29, 1.82) is 0 Å². The fourth-order valence-electron chi connectivity index (χ4n) is 1.72. The molecule has 0 atom stereocenters. The van der Waals surface area contributed by atoms with Crippen molar-refractivity contribution in [3.63, 3.8) is 0 Å². The Morgan fingerprint density at radius 2 is 2.12 bits per heavy atom. The van der Waals surface area contributed by atoms with Crippen molar-refractivity contribution in [3.8, 4) is 0 Å². The molecule has 4 nitrogen and oxygen atoms in total. The maximum absolute atomic E-state index is 12.0. The van der Waals surface area contributed by atoms with Crippen LogP contribution >= 0.6 is 0 Å². The number of ketones is 1. The molecule has 0 saturated carbocycles. The minimum Gasteiger partial charge on any atom is -0.327 e. The highest BCUT2D eigenvalue weighted by Crippen LogP contribution is 2.12. The lowest BCUT2D eigenvalue weighted by atomic mass is 10.2. The standard InChI is InChI=1S/C13H15N3O/c1-10(2)13-15-7-8-16(13)9-12(17)11-5-3-4-6-14-11/h3-8,10H,9H2,1-2H3. The summed E-state index contributed by atoms with van der Waals surface area (Å²) in [5.41, 5.74) is 0.496. The smallest absolute Gasteiger partial charge is 0.200 e. The summed E-state index contributed by atoms with van der Waals surface area (Å²) in [7, 11) is 0. The number of nitrogens with zero attached hydrogens (tertiary/aromatic N) is 3. The number of imidazole rings is 1. The summed E-state index contributed by atoms with van der Waals surface area (Å²) in [5.74, 6) is 1.24. The third kappa shape index (κ3) is 2.58. The van der Waals surface area contributed by atoms with E-state index in [0.29, 0.717) is 18.2 Å². The SMILES string of the molecule is CC(C)c1nccn1CC(=O)c1ccccn1. The third-order valence-electron chi connectivity index (χ3n) is 2.53. The predicted octanol–water partition coefficient (Wildman–Crippen LogP) is 2.28. The van der Waals surface area contributed by atoms with Gasteiger partial charge in [-0.1, -0.05) is 19.9 Å². The Kier molecular flexibility index (Phi) is 3.32. The maximum Gasteiger partial charge on any atom is 0.200 e. The number of hydrogen-bond acceptors (Lipinski definition) is 3. The molecule has 0 N–H and O–H groups in total. The molecule has 0 unspecified atom stereocenters. The molecule has 4 heteroatoms. The van der Waals surface area contributed by atoms with E-state index in [1.54, 1.807) is 24.5 Å². The van der Waals surface area contributed by atoms with E-state index in [9.17, 15) is 4.79 Å². The van der Waals surface area contributed by atoms with Crippen molar-refractivity contribution >= 4 is 5.78 Å². The zero-order chi connectivity index (χ0) is 12.3. The monoisotopic (exact) mass is 229 g/mol. The van der Waals surface area contributed by atoms with E-state index in [2.05, 4.69) is 23.8 Å². The molecule has 2 aromatic heterocycles. The van der Waals surface area contributed by atoms with Gasteiger partial charge in [-0.2, -0.15) is 0 Å². The van der Waals surface area contributed by atoms with Gasteiger partial charge in [0.25, 0.3) is 0 Å². The van der Waals surface area contributed by atoms with Crippen LogP contribution in [0.5, 0.6) is 0 Å². The topological polar surface area (TPSA) is 47.8 Å². The number of aromatic nitrogens is 3. The highest BCUT2D eigenvalue weighted by molar-refractivity contribution is 5.93. The second-order valence-electron chi connectivity index (χ2n) is 4.21. The van der Waals surface area contributed by atoms with Crippen LogP contribution in [0.1, 0.15) is 36.1 Å². The van der Waals surface area contributed by atoms with Crippen molar-refractivity contribution in [2.75, 3.05) is 0 Å². The first-order valence-corrected chi connectivity index (χ1v) is 5.63. The molecule has 0 fully saturated rings. The van der Waals surface area contributed by atoms with Gasteiger partial charge in [0.1, 0.15) is 11.5 Å². The average molecular weight is 229 g/mol. The molecule has 0 aromatic carbocycles. The average Bonchev–Trinajstić information content (AvgIpc) is 2.78. The Morgan fingerprint density at radius 3 is 2.76 bits per heavy atom. The normalized spacial score (nSPS) is 10.8. The number of carbonyl (C=O) groups excluding carboxylic acids is 1. The lowest BCUT2D eigenvalue weighted by Gasteiger charge is -2.09. The summed E-state index contributed by atoms with van der Waals surface area (Å²) in [6.45, 7) is 4.42. The molecule has 0 aliphatic carbocycles. The third-order valence-corrected chi connectivity index (χ3v) is 2.53. The molecule has 0 aliphatic heterocycles.